The van der Waals surface area contributed by atoms with Crippen LogP contribution in [0, 0.1) is 12.8 Å². The molecule has 0 aliphatic carbocycles. The molecule has 0 bridgehead atoms. The van der Waals surface area contributed by atoms with Crippen molar-refractivity contribution in [3.05, 3.63) is 46.8 Å². The average Bonchev–Trinajstić information content (AvgIpc) is 2.84. The third-order valence-corrected chi connectivity index (χ3v) is 5.64. The van der Waals surface area contributed by atoms with Crippen LogP contribution in [-0.2, 0) is 6.42 Å². The summed E-state index contributed by atoms with van der Waals surface area (Å²) in [6, 6.07) is 6.54. The monoisotopic (exact) mass is 440 g/mol. The molecule has 2 rings (SSSR count). The molecule has 0 N–H and O–H groups in total. The number of hydrogen-bond acceptors (Lipinski definition) is 3. The van der Waals surface area contributed by atoms with Gasteiger partial charge in [0.25, 0.3) is 0 Å². The second-order valence-electron chi connectivity index (χ2n) is 7.69. The van der Waals surface area contributed by atoms with Gasteiger partial charge >= 0.3 is 0 Å². The number of hydrogen-bond donors (Lipinski definition) is 0. The summed E-state index contributed by atoms with van der Waals surface area (Å²) in [6.45, 7) is 23.3. The zero-order valence-corrected chi connectivity index (χ0v) is 22.9. The summed E-state index contributed by atoms with van der Waals surface area (Å²) >= 11 is 0. The maximum absolute atomic E-state index is 5.64. The van der Waals surface area contributed by atoms with Gasteiger partial charge in [0, 0.05) is 11.4 Å². The Morgan fingerprint density at radius 1 is 1.00 bits per heavy atom. The first-order chi connectivity index (χ1) is 15.4. The highest BCUT2D eigenvalue weighted by atomic mass is 16.5. The lowest BCUT2D eigenvalue weighted by Crippen LogP contribution is -2.07. The number of methoxy groups -OCH3 is 1. The Morgan fingerprint density at radius 2 is 1.59 bits per heavy atom. The Morgan fingerprint density at radius 3 is 2.03 bits per heavy atom. The summed E-state index contributed by atoms with van der Waals surface area (Å²) in [5.41, 5.74) is 8.01. The minimum atomic E-state index is 0.364. The van der Waals surface area contributed by atoms with Crippen molar-refractivity contribution in [2.45, 2.75) is 101 Å². The predicted molar refractivity (Wildman–Crippen MR) is 143 cm³/mol. The molecule has 0 saturated carbocycles. The SMILES string of the molecule is C/C=C(\c1cc(CC)c(-c2ccc(C(C)C)nc2OC)nc1C)C(CC)CC.CC.CC. The van der Waals surface area contributed by atoms with Gasteiger partial charge in [0.15, 0.2) is 0 Å². The van der Waals surface area contributed by atoms with Crippen LogP contribution in [0.5, 0.6) is 5.88 Å². The van der Waals surface area contributed by atoms with E-state index in [0.29, 0.717) is 17.7 Å². The fraction of sp³-hybridized carbons (Fsp3) is 0.586. The first-order valence-corrected chi connectivity index (χ1v) is 12.6. The molecular formula is C29H48N2O. The Bertz CT molecular complexity index is 833. The van der Waals surface area contributed by atoms with Crippen molar-refractivity contribution in [3.8, 4) is 17.1 Å². The largest absolute Gasteiger partial charge is 0.480 e. The second-order valence-corrected chi connectivity index (χ2v) is 7.69. The van der Waals surface area contributed by atoms with E-state index >= 15 is 0 Å². The summed E-state index contributed by atoms with van der Waals surface area (Å²) in [5.74, 6) is 1.59. The quantitative estimate of drug-likeness (QED) is 0.410. The minimum absolute atomic E-state index is 0.364. The molecule has 0 fully saturated rings. The zero-order valence-electron chi connectivity index (χ0n) is 22.9. The number of allylic oxidation sites excluding steroid dienone is 2. The van der Waals surface area contributed by atoms with E-state index < -0.39 is 0 Å². The van der Waals surface area contributed by atoms with Gasteiger partial charge in [-0.2, -0.15) is 0 Å². The van der Waals surface area contributed by atoms with Crippen LogP contribution in [0.3, 0.4) is 0 Å². The summed E-state index contributed by atoms with van der Waals surface area (Å²) in [5, 5.41) is 0. The van der Waals surface area contributed by atoms with Gasteiger partial charge in [0.1, 0.15) is 0 Å². The maximum Gasteiger partial charge on any atom is 0.222 e. The lowest BCUT2D eigenvalue weighted by molar-refractivity contribution is 0.397. The number of aryl methyl sites for hydroxylation is 2. The topological polar surface area (TPSA) is 35.0 Å². The van der Waals surface area contributed by atoms with Crippen LogP contribution in [-0.4, -0.2) is 17.1 Å². The van der Waals surface area contributed by atoms with Crippen LogP contribution < -0.4 is 4.74 Å². The van der Waals surface area contributed by atoms with Crippen LogP contribution in [0.1, 0.15) is 111 Å². The maximum atomic E-state index is 5.64. The number of ether oxygens (including phenoxy) is 1. The molecule has 0 aliphatic rings. The minimum Gasteiger partial charge on any atom is -0.480 e. The molecule has 180 valence electrons. The van der Waals surface area contributed by atoms with E-state index in [1.165, 1.54) is 16.7 Å². The molecule has 0 radical (unpaired) electrons. The van der Waals surface area contributed by atoms with Gasteiger partial charge in [-0.15, -0.1) is 0 Å². The van der Waals surface area contributed by atoms with E-state index in [0.717, 1.165) is 41.9 Å². The molecule has 0 atom stereocenters. The fourth-order valence-corrected chi connectivity index (χ4v) is 3.89. The van der Waals surface area contributed by atoms with Crippen molar-refractivity contribution in [1.82, 2.24) is 9.97 Å². The molecule has 32 heavy (non-hydrogen) atoms. The van der Waals surface area contributed by atoms with Crippen LogP contribution >= 0.6 is 0 Å². The molecule has 0 amide bonds. The Hall–Kier alpha value is -2.16. The van der Waals surface area contributed by atoms with Gasteiger partial charge in [-0.1, -0.05) is 68.4 Å². The molecule has 2 aromatic rings. The summed E-state index contributed by atoms with van der Waals surface area (Å²) in [4.78, 5) is 9.78. The zero-order chi connectivity index (χ0) is 24.8. The van der Waals surface area contributed by atoms with Crippen molar-refractivity contribution >= 4 is 5.57 Å². The third-order valence-electron chi connectivity index (χ3n) is 5.64. The Balaban J connectivity index is 0.00000227. The van der Waals surface area contributed by atoms with E-state index in [4.69, 9.17) is 14.7 Å². The standard InChI is InChI=1S/C25H36N2O.2C2H6/c1-9-18(10-2)20(12-4)22-15-19(11-3)24(26-17(22)7)21-13-14-23(16(5)6)27-25(21)28-8;2*1-2/h12-16,18H,9-11H2,1-8H3;2*1-2H3/b20-12-;;. The summed E-state index contributed by atoms with van der Waals surface area (Å²) in [7, 11) is 1.69. The highest BCUT2D eigenvalue weighted by Gasteiger charge is 2.20. The van der Waals surface area contributed by atoms with Crippen LogP contribution in [0.4, 0.5) is 0 Å². The van der Waals surface area contributed by atoms with E-state index in [1.807, 2.05) is 27.7 Å². The molecule has 2 aromatic heterocycles. The first kappa shape index (κ1) is 29.8. The number of rotatable bonds is 8. The normalized spacial score (nSPS) is 11.0. The van der Waals surface area contributed by atoms with E-state index in [9.17, 15) is 0 Å². The van der Waals surface area contributed by atoms with Gasteiger partial charge in [0.05, 0.1) is 18.4 Å². The number of pyridine rings is 2. The van der Waals surface area contributed by atoms with Crippen LogP contribution in [0.2, 0.25) is 0 Å². The van der Waals surface area contributed by atoms with Crippen LogP contribution in [0.15, 0.2) is 24.3 Å². The second kappa shape index (κ2) is 15.6. The third kappa shape index (κ3) is 7.18. The molecule has 0 aliphatic heterocycles. The van der Waals surface area contributed by atoms with Crippen molar-refractivity contribution in [1.29, 1.82) is 0 Å². The first-order valence-electron chi connectivity index (χ1n) is 12.6. The smallest absolute Gasteiger partial charge is 0.222 e. The number of aromatic nitrogens is 2. The van der Waals surface area contributed by atoms with Crippen molar-refractivity contribution in [2.24, 2.45) is 5.92 Å². The fourth-order valence-electron chi connectivity index (χ4n) is 3.89. The molecule has 3 nitrogen and oxygen atoms in total. The lowest BCUT2D eigenvalue weighted by Gasteiger charge is -2.21. The molecule has 0 aromatic carbocycles. The molecule has 0 unspecified atom stereocenters. The van der Waals surface area contributed by atoms with Crippen LogP contribution in [0.25, 0.3) is 16.8 Å². The molecular weight excluding hydrogens is 392 g/mol. The molecule has 0 spiro atoms. The van der Waals surface area contributed by atoms with Crippen molar-refractivity contribution in [3.63, 3.8) is 0 Å². The highest BCUT2D eigenvalue weighted by Crippen LogP contribution is 2.36. The predicted octanol–water partition coefficient (Wildman–Crippen LogP) is 9.04. The van der Waals surface area contributed by atoms with Gasteiger partial charge in [-0.25, -0.2) is 4.98 Å². The highest BCUT2D eigenvalue weighted by molar-refractivity contribution is 5.75. The summed E-state index contributed by atoms with van der Waals surface area (Å²) < 4.78 is 5.64. The molecule has 3 heteroatoms. The van der Waals surface area contributed by atoms with Gasteiger partial charge in [0.2, 0.25) is 5.88 Å². The van der Waals surface area contributed by atoms with E-state index in [-0.39, 0.29) is 0 Å². The van der Waals surface area contributed by atoms with E-state index in [1.54, 1.807) is 7.11 Å². The average molecular weight is 441 g/mol. The number of nitrogens with zero attached hydrogens (tertiary/aromatic N) is 2. The lowest BCUT2D eigenvalue weighted by atomic mass is 9.86. The summed E-state index contributed by atoms with van der Waals surface area (Å²) in [6.07, 6.45) is 5.48. The van der Waals surface area contributed by atoms with Gasteiger partial charge < -0.3 is 4.74 Å². The molecule has 0 saturated heterocycles. The van der Waals surface area contributed by atoms with E-state index in [2.05, 4.69) is 72.7 Å². The molecule has 2 heterocycles. The Kier molecular flexibility index (Phi) is 14.6. The van der Waals surface area contributed by atoms with Gasteiger partial charge in [-0.3, -0.25) is 4.98 Å². The van der Waals surface area contributed by atoms with Crippen molar-refractivity contribution < 1.29 is 4.74 Å². The van der Waals surface area contributed by atoms with Crippen molar-refractivity contribution in [2.75, 3.05) is 7.11 Å². The van der Waals surface area contributed by atoms with Gasteiger partial charge in [-0.05, 0) is 79.8 Å². The Labute approximate surface area is 198 Å².